The van der Waals surface area contributed by atoms with E-state index < -0.39 is 0 Å². The van der Waals surface area contributed by atoms with Gasteiger partial charge in [0.15, 0.2) is 3.95 Å². The molecule has 0 amide bonds. The van der Waals surface area contributed by atoms with Gasteiger partial charge in [-0.15, -0.1) is 11.3 Å². The molecule has 2 aromatic heterocycles. The number of thiazole rings is 1. The van der Waals surface area contributed by atoms with Gasteiger partial charge in [0.05, 0.1) is 22.4 Å². The van der Waals surface area contributed by atoms with E-state index >= 15 is 0 Å². The number of para-hydroxylation sites is 1. The first-order valence-corrected chi connectivity index (χ1v) is 9.14. The Morgan fingerprint density at radius 3 is 2.92 bits per heavy atom. The number of rotatable bonds is 3. The van der Waals surface area contributed by atoms with E-state index in [-0.39, 0.29) is 5.88 Å². The molecule has 3 heterocycles. The quantitative estimate of drug-likeness (QED) is 0.650. The summed E-state index contributed by atoms with van der Waals surface area (Å²) >= 11 is 6.80. The van der Waals surface area contributed by atoms with Crippen LogP contribution in [-0.2, 0) is 6.42 Å². The van der Waals surface area contributed by atoms with E-state index in [9.17, 15) is 5.11 Å². The topological polar surface area (TPSA) is 50.4 Å². The molecule has 124 valence electrons. The standard InChI is InChI=1S/C19H15N3OS2/c1-2-12-5-3-7-15-13(10-21-17(12)15)9-16-18(23)22(19(24)25-16)14-6-4-8-20-11-14/h3-11,23H,2H2,1H3. The highest BCUT2D eigenvalue weighted by Gasteiger charge is 2.17. The van der Waals surface area contributed by atoms with E-state index in [1.807, 2.05) is 30.5 Å². The average molecular weight is 365 g/mol. The predicted octanol–water partition coefficient (Wildman–Crippen LogP) is 5.19. The molecule has 1 aliphatic heterocycles. The first kappa shape index (κ1) is 15.9. The molecule has 0 saturated carbocycles. The molecule has 0 saturated heterocycles. The largest absolute Gasteiger partial charge is 0.493 e. The maximum atomic E-state index is 10.7. The number of fused-ring (bicyclic) bond motifs is 1. The number of pyridine rings is 1. The Labute approximate surface area is 154 Å². The molecule has 0 bridgehead atoms. The van der Waals surface area contributed by atoms with Gasteiger partial charge in [-0.1, -0.05) is 25.1 Å². The van der Waals surface area contributed by atoms with Crippen LogP contribution in [0.2, 0.25) is 0 Å². The molecule has 0 fully saturated rings. The SMILES string of the molecule is CCc1cccc2c1N=CC2=Cc1sc(=S)n(-c2cccnc2)c1O. The van der Waals surface area contributed by atoms with Crippen LogP contribution < -0.4 is 0 Å². The van der Waals surface area contributed by atoms with Crippen molar-refractivity contribution >= 4 is 47.1 Å². The van der Waals surface area contributed by atoms with Crippen LogP contribution in [0.15, 0.2) is 47.7 Å². The molecule has 4 rings (SSSR count). The molecule has 0 unspecified atom stereocenters. The van der Waals surface area contributed by atoms with Crippen LogP contribution in [0.5, 0.6) is 5.88 Å². The zero-order valence-corrected chi connectivity index (χ0v) is 15.1. The molecule has 4 nitrogen and oxygen atoms in total. The third-order valence-corrected chi connectivity index (χ3v) is 5.46. The van der Waals surface area contributed by atoms with Gasteiger partial charge >= 0.3 is 0 Å². The van der Waals surface area contributed by atoms with Gasteiger partial charge in [0.1, 0.15) is 0 Å². The highest BCUT2D eigenvalue weighted by Crippen LogP contribution is 2.38. The van der Waals surface area contributed by atoms with Gasteiger partial charge in [-0.2, -0.15) is 0 Å². The first-order valence-electron chi connectivity index (χ1n) is 7.92. The lowest BCUT2D eigenvalue weighted by molar-refractivity contribution is 0.441. The summed E-state index contributed by atoms with van der Waals surface area (Å²) in [6, 6.07) is 9.88. The van der Waals surface area contributed by atoms with Crippen molar-refractivity contribution in [1.82, 2.24) is 9.55 Å². The van der Waals surface area contributed by atoms with Gasteiger partial charge in [-0.3, -0.25) is 14.5 Å². The second kappa shape index (κ2) is 6.38. The fourth-order valence-corrected chi connectivity index (χ4v) is 4.21. The normalized spacial score (nSPS) is 14.2. The maximum absolute atomic E-state index is 10.7. The Morgan fingerprint density at radius 2 is 2.16 bits per heavy atom. The minimum absolute atomic E-state index is 0.129. The van der Waals surface area contributed by atoms with Crippen molar-refractivity contribution in [3.8, 4) is 11.6 Å². The van der Waals surface area contributed by atoms with Gasteiger partial charge < -0.3 is 5.11 Å². The third-order valence-electron chi connectivity index (χ3n) is 4.15. The molecule has 1 aliphatic rings. The molecule has 1 aromatic carbocycles. The summed E-state index contributed by atoms with van der Waals surface area (Å²) < 4.78 is 2.21. The van der Waals surface area contributed by atoms with E-state index in [1.54, 1.807) is 17.0 Å². The Bertz CT molecular complexity index is 1060. The smallest absolute Gasteiger partial charge is 0.215 e. The Kier molecular flexibility index (Phi) is 4.07. The fourth-order valence-electron chi connectivity index (χ4n) is 2.91. The van der Waals surface area contributed by atoms with Crippen LogP contribution in [0.25, 0.3) is 17.3 Å². The van der Waals surface area contributed by atoms with Crippen molar-refractivity contribution in [3.05, 3.63) is 62.7 Å². The minimum atomic E-state index is 0.129. The van der Waals surface area contributed by atoms with E-state index in [2.05, 4.69) is 29.0 Å². The lowest BCUT2D eigenvalue weighted by Crippen LogP contribution is -1.93. The predicted molar refractivity (Wildman–Crippen MR) is 106 cm³/mol. The Hall–Kier alpha value is -2.57. The van der Waals surface area contributed by atoms with E-state index in [0.717, 1.165) is 28.9 Å². The molecule has 6 heteroatoms. The average Bonchev–Trinajstić information content (AvgIpc) is 3.17. The molecule has 1 N–H and O–H groups in total. The third kappa shape index (κ3) is 2.73. The van der Waals surface area contributed by atoms with Gasteiger partial charge in [0, 0.05) is 23.5 Å². The molecule has 3 aromatic rings. The molecule has 0 aliphatic carbocycles. The molecular weight excluding hydrogens is 350 g/mol. The number of aromatic nitrogens is 2. The second-order valence-electron chi connectivity index (χ2n) is 5.63. The van der Waals surface area contributed by atoms with Crippen LogP contribution in [0, 0.1) is 3.95 Å². The van der Waals surface area contributed by atoms with Gasteiger partial charge in [0.2, 0.25) is 5.88 Å². The number of hydrogen-bond donors (Lipinski definition) is 1. The number of aromatic hydroxyl groups is 1. The van der Waals surface area contributed by atoms with Crippen LogP contribution in [0.3, 0.4) is 0 Å². The van der Waals surface area contributed by atoms with E-state index in [4.69, 9.17) is 12.2 Å². The first-order chi connectivity index (χ1) is 12.2. The Morgan fingerprint density at radius 1 is 1.28 bits per heavy atom. The van der Waals surface area contributed by atoms with Crippen molar-refractivity contribution in [2.75, 3.05) is 0 Å². The minimum Gasteiger partial charge on any atom is -0.493 e. The molecule has 25 heavy (non-hydrogen) atoms. The zero-order valence-electron chi connectivity index (χ0n) is 13.5. The summed E-state index contributed by atoms with van der Waals surface area (Å²) in [5, 5.41) is 10.7. The number of hydrogen-bond acceptors (Lipinski definition) is 5. The summed E-state index contributed by atoms with van der Waals surface area (Å²) in [5.41, 5.74) is 5.06. The summed E-state index contributed by atoms with van der Waals surface area (Å²) in [6.07, 6.45) is 8.10. The van der Waals surface area contributed by atoms with Crippen molar-refractivity contribution in [3.63, 3.8) is 0 Å². The Balaban J connectivity index is 1.81. The van der Waals surface area contributed by atoms with E-state index in [0.29, 0.717) is 8.83 Å². The van der Waals surface area contributed by atoms with Gasteiger partial charge in [-0.25, -0.2) is 0 Å². The lowest BCUT2D eigenvalue weighted by Gasteiger charge is -2.05. The highest BCUT2D eigenvalue weighted by molar-refractivity contribution is 7.73. The van der Waals surface area contributed by atoms with Crippen molar-refractivity contribution in [2.45, 2.75) is 13.3 Å². The summed E-state index contributed by atoms with van der Waals surface area (Å²) in [4.78, 5) is 9.36. The summed E-state index contributed by atoms with van der Waals surface area (Å²) in [5.74, 6) is 0.129. The number of benzene rings is 1. The van der Waals surface area contributed by atoms with Crippen molar-refractivity contribution < 1.29 is 5.11 Å². The number of aliphatic imine (C=N–C) groups is 1. The number of allylic oxidation sites excluding steroid dienone is 1. The number of aryl methyl sites for hydroxylation is 1. The fraction of sp³-hybridized carbons (Fsp3) is 0.105. The van der Waals surface area contributed by atoms with Gasteiger partial charge in [-0.05, 0) is 42.4 Å². The van der Waals surface area contributed by atoms with E-state index in [1.165, 1.54) is 16.9 Å². The molecule has 0 radical (unpaired) electrons. The molecule has 0 spiro atoms. The number of nitrogens with zero attached hydrogens (tertiary/aromatic N) is 3. The molecular formula is C19H15N3OS2. The van der Waals surface area contributed by atoms with Crippen molar-refractivity contribution in [2.24, 2.45) is 4.99 Å². The van der Waals surface area contributed by atoms with Crippen LogP contribution in [0.1, 0.15) is 22.9 Å². The highest BCUT2D eigenvalue weighted by atomic mass is 32.1. The van der Waals surface area contributed by atoms with Gasteiger partial charge in [0.25, 0.3) is 0 Å². The summed E-state index contributed by atoms with van der Waals surface area (Å²) in [7, 11) is 0. The van der Waals surface area contributed by atoms with Crippen LogP contribution >= 0.6 is 23.6 Å². The second-order valence-corrected chi connectivity index (χ2v) is 7.30. The van der Waals surface area contributed by atoms with Crippen LogP contribution in [-0.4, -0.2) is 20.9 Å². The lowest BCUT2D eigenvalue weighted by atomic mass is 10.0. The maximum Gasteiger partial charge on any atom is 0.215 e. The van der Waals surface area contributed by atoms with Crippen molar-refractivity contribution in [1.29, 1.82) is 0 Å². The summed E-state index contributed by atoms with van der Waals surface area (Å²) in [6.45, 7) is 2.12. The van der Waals surface area contributed by atoms with Crippen LogP contribution in [0.4, 0.5) is 5.69 Å². The monoisotopic (exact) mass is 365 g/mol. The zero-order chi connectivity index (χ0) is 17.4. The molecule has 0 atom stereocenters.